The van der Waals surface area contributed by atoms with E-state index >= 15 is 0 Å². The van der Waals surface area contributed by atoms with E-state index < -0.39 is 12.6 Å². The molecular formula is C17H10BrF2NO3. The Morgan fingerprint density at radius 3 is 2.50 bits per heavy atom. The third-order valence-corrected chi connectivity index (χ3v) is 3.82. The molecule has 24 heavy (non-hydrogen) atoms. The zero-order valence-corrected chi connectivity index (χ0v) is 13.7. The van der Waals surface area contributed by atoms with Crippen molar-refractivity contribution >= 4 is 33.9 Å². The van der Waals surface area contributed by atoms with Gasteiger partial charge in [-0.15, -0.1) is 0 Å². The van der Waals surface area contributed by atoms with Crippen LogP contribution < -0.4 is 4.74 Å². The molecule has 0 spiro atoms. The molecule has 0 N–H and O–H groups in total. The van der Waals surface area contributed by atoms with Gasteiger partial charge in [0.25, 0.3) is 0 Å². The minimum atomic E-state index is -2.88. The first kappa shape index (κ1) is 16.3. The van der Waals surface area contributed by atoms with Crippen molar-refractivity contribution in [2.75, 3.05) is 0 Å². The number of rotatable bonds is 4. The lowest BCUT2D eigenvalue weighted by Gasteiger charge is -2.03. The van der Waals surface area contributed by atoms with E-state index in [-0.39, 0.29) is 17.3 Å². The summed E-state index contributed by atoms with van der Waals surface area (Å²) in [5.74, 6) is -0.330. The minimum Gasteiger partial charge on any atom is -0.435 e. The van der Waals surface area contributed by atoms with Crippen molar-refractivity contribution in [1.82, 2.24) is 0 Å². The maximum atomic E-state index is 12.1. The maximum Gasteiger partial charge on any atom is 0.387 e. The van der Waals surface area contributed by atoms with Gasteiger partial charge < -0.3 is 9.47 Å². The van der Waals surface area contributed by atoms with E-state index in [4.69, 9.17) is 4.74 Å². The normalized spacial score (nSPS) is 15.6. The molecule has 1 heterocycles. The van der Waals surface area contributed by atoms with Crippen molar-refractivity contribution in [3.63, 3.8) is 0 Å². The highest BCUT2D eigenvalue weighted by molar-refractivity contribution is 9.10. The number of halogens is 3. The fraction of sp³-hybridized carbons (Fsp3) is 0.0588. The average molecular weight is 394 g/mol. The fourth-order valence-corrected chi connectivity index (χ4v) is 2.52. The number of benzene rings is 2. The number of hydrogen-bond acceptors (Lipinski definition) is 4. The first-order chi connectivity index (χ1) is 11.5. The highest BCUT2D eigenvalue weighted by Crippen LogP contribution is 2.24. The summed E-state index contributed by atoms with van der Waals surface area (Å²) in [6, 6.07) is 13.1. The molecule has 0 amide bonds. The van der Waals surface area contributed by atoms with Crippen LogP contribution in [0.2, 0.25) is 0 Å². The average Bonchev–Trinajstić information content (AvgIpc) is 2.90. The summed E-state index contributed by atoms with van der Waals surface area (Å²) >= 11 is 3.37. The summed E-state index contributed by atoms with van der Waals surface area (Å²) in [6.07, 6.45) is 1.51. The van der Waals surface area contributed by atoms with Gasteiger partial charge in [0.2, 0.25) is 5.90 Å². The number of cyclic esters (lactones) is 1. The second-order valence-corrected chi connectivity index (χ2v) is 5.62. The third kappa shape index (κ3) is 3.68. The number of ether oxygens (including phenoxy) is 2. The number of aliphatic imine (C=N–C) groups is 1. The van der Waals surface area contributed by atoms with Gasteiger partial charge in [-0.25, -0.2) is 9.79 Å². The minimum absolute atomic E-state index is 0.0403. The third-order valence-electron chi connectivity index (χ3n) is 3.13. The van der Waals surface area contributed by atoms with Crippen molar-refractivity contribution in [3.05, 3.63) is 69.8 Å². The van der Waals surface area contributed by atoms with E-state index in [0.717, 1.165) is 4.47 Å². The molecular weight excluding hydrogens is 384 g/mol. The van der Waals surface area contributed by atoms with Gasteiger partial charge in [0.15, 0.2) is 5.70 Å². The molecule has 2 aromatic rings. The highest BCUT2D eigenvalue weighted by Gasteiger charge is 2.25. The molecule has 0 saturated carbocycles. The van der Waals surface area contributed by atoms with Gasteiger partial charge in [-0.2, -0.15) is 8.78 Å². The number of carbonyl (C=O) groups excluding carboxylic acids is 1. The number of esters is 1. The van der Waals surface area contributed by atoms with Crippen LogP contribution >= 0.6 is 15.9 Å². The molecule has 3 rings (SSSR count). The Hall–Kier alpha value is -2.54. The van der Waals surface area contributed by atoms with Gasteiger partial charge in [-0.3, -0.25) is 0 Å². The molecule has 0 saturated heterocycles. The van der Waals surface area contributed by atoms with Crippen LogP contribution in [0.15, 0.2) is 63.7 Å². The second-order valence-electron chi connectivity index (χ2n) is 4.76. The van der Waals surface area contributed by atoms with Crippen molar-refractivity contribution in [1.29, 1.82) is 0 Å². The van der Waals surface area contributed by atoms with Gasteiger partial charge in [0, 0.05) is 4.47 Å². The monoisotopic (exact) mass is 393 g/mol. The van der Waals surface area contributed by atoms with Crippen LogP contribution in [0.3, 0.4) is 0 Å². The maximum absolute atomic E-state index is 12.1. The lowest BCUT2D eigenvalue weighted by molar-refractivity contribution is -0.129. The Labute approximate surface area is 144 Å². The van der Waals surface area contributed by atoms with E-state index in [9.17, 15) is 13.6 Å². The van der Waals surface area contributed by atoms with E-state index in [1.807, 2.05) is 12.1 Å². The van der Waals surface area contributed by atoms with Gasteiger partial charge >= 0.3 is 12.6 Å². The molecule has 0 atom stereocenters. The number of hydrogen-bond donors (Lipinski definition) is 0. The Balaban J connectivity index is 1.85. The molecule has 1 aliphatic heterocycles. The zero-order valence-electron chi connectivity index (χ0n) is 12.1. The standard InChI is InChI=1S/C17H10BrF2NO3/c18-13-4-2-1-3-12(13)15-21-14(16(22)24-15)9-10-5-7-11(8-6-10)23-17(19)20/h1-9,17H/b14-9-. The van der Waals surface area contributed by atoms with E-state index in [1.165, 1.54) is 18.2 Å². The van der Waals surface area contributed by atoms with Crippen LogP contribution in [-0.4, -0.2) is 18.5 Å². The van der Waals surface area contributed by atoms with Crippen LogP contribution in [0.4, 0.5) is 8.78 Å². The summed E-state index contributed by atoms with van der Waals surface area (Å²) < 4.78 is 34.4. The van der Waals surface area contributed by atoms with Crippen molar-refractivity contribution in [2.24, 2.45) is 4.99 Å². The van der Waals surface area contributed by atoms with Crippen molar-refractivity contribution in [2.45, 2.75) is 6.61 Å². The van der Waals surface area contributed by atoms with E-state index in [0.29, 0.717) is 11.1 Å². The Kier molecular flexibility index (Phi) is 4.71. The van der Waals surface area contributed by atoms with Crippen LogP contribution in [0.1, 0.15) is 11.1 Å². The predicted molar refractivity (Wildman–Crippen MR) is 87.8 cm³/mol. The topological polar surface area (TPSA) is 47.9 Å². The molecule has 7 heteroatoms. The lowest BCUT2D eigenvalue weighted by atomic mass is 10.2. The summed E-state index contributed by atoms with van der Waals surface area (Å²) in [6.45, 7) is -2.88. The van der Waals surface area contributed by atoms with Gasteiger partial charge in [0.1, 0.15) is 5.75 Å². The summed E-state index contributed by atoms with van der Waals surface area (Å²) in [5.41, 5.74) is 1.40. The summed E-state index contributed by atoms with van der Waals surface area (Å²) in [4.78, 5) is 16.1. The molecule has 2 aromatic carbocycles. The molecule has 1 aliphatic rings. The van der Waals surface area contributed by atoms with Crippen LogP contribution in [0, 0.1) is 0 Å². The van der Waals surface area contributed by atoms with Gasteiger partial charge in [-0.1, -0.05) is 24.3 Å². The van der Waals surface area contributed by atoms with Gasteiger partial charge in [-0.05, 0) is 51.8 Å². The largest absolute Gasteiger partial charge is 0.435 e. The van der Waals surface area contributed by atoms with E-state index in [1.54, 1.807) is 24.3 Å². The fourth-order valence-electron chi connectivity index (χ4n) is 2.06. The first-order valence-electron chi connectivity index (χ1n) is 6.85. The zero-order chi connectivity index (χ0) is 17.1. The molecule has 0 fully saturated rings. The Morgan fingerprint density at radius 2 is 1.83 bits per heavy atom. The SMILES string of the molecule is O=C1OC(c2ccccc2Br)=N/C1=C\c1ccc(OC(F)F)cc1. The lowest BCUT2D eigenvalue weighted by Crippen LogP contribution is -2.05. The van der Waals surface area contributed by atoms with Crippen molar-refractivity contribution in [3.8, 4) is 5.75 Å². The summed E-state index contributed by atoms with van der Waals surface area (Å²) in [7, 11) is 0. The van der Waals surface area contributed by atoms with Crippen LogP contribution in [0.5, 0.6) is 5.75 Å². The van der Waals surface area contributed by atoms with Crippen LogP contribution in [-0.2, 0) is 9.53 Å². The number of nitrogens with zero attached hydrogens (tertiary/aromatic N) is 1. The first-order valence-corrected chi connectivity index (χ1v) is 7.64. The second kappa shape index (κ2) is 6.92. The van der Waals surface area contributed by atoms with E-state index in [2.05, 4.69) is 25.7 Å². The Bertz CT molecular complexity index is 832. The molecule has 0 radical (unpaired) electrons. The van der Waals surface area contributed by atoms with Crippen molar-refractivity contribution < 1.29 is 23.0 Å². The van der Waals surface area contributed by atoms with Gasteiger partial charge in [0.05, 0.1) is 5.56 Å². The number of alkyl halides is 2. The molecule has 0 aliphatic carbocycles. The molecule has 4 nitrogen and oxygen atoms in total. The smallest absolute Gasteiger partial charge is 0.387 e. The summed E-state index contributed by atoms with van der Waals surface area (Å²) in [5, 5.41) is 0. The highest BCUT2D eigenvalue weighted by atomic mass is 79.9. The predicted octanol–water partition coefficient (Wildman–Crippen LogP) is 4.40. The van der Waals surface area contributed by atoms with Crippen LogP contribution in [0.25, 0.3) is 6.08 Å². The quantitative estimate of drug-likeness (QED) is 0.571. The molecule has 0 bridgehead atoms. The molecule has 122 valence electrons. The molecule has 0 aromatic heterocycles. The molecule has 0 unspecified atom stereocenters. The Morgan fingerprint density at radius 1 is 1.12 bits per heavy atom. The number of carbonyl (C=O) groups is 1.